The summed E-state index contributed by atoms with van der Waals surface area (Å²) in [5.41, 5.74) is 1.74. The molecule has 1 amide bonds. The molecule has 3 aliphatic heterocycles. The predicted molar refractivity (Wildman–Crippen MR) is 232 cm³/mol. The number of benzene rings is 2. The molecular formula is C46H59F3N6O4Si. The van der Waals surface area contributed by atoms with E-state index >= 15 is 8.78 Å². The molecule has 3 aliphatic rings. The number of phenolic OH excluding ortho intramolecular Hbond substituents is 1. The fourth-order valence-corrected chi connectivity index (χ4v) is 15.1. The molecule has 60 heavy (non-hydrogen) atoms. The number of rotatable bonds is 8. The Morgan fingerprint density at radius 3 is 2.45 bits per heavy atom. The van der Waals surface area contributed by atoms with Crippen molar-refractivity contribution in [3.8, 4) is 34.5 Å². The van der Waals surface area contributed by atoms with Gasteiger partial charge < -0.3 is 14.6 Å². The van der Waals surface area contributed by atoms with E-state index in [1.54, 1.807) is 30.7 Å². The van der Waals surface area contributed by atoms with E-state index in [1.165, 1.54) is 35.5 Å². The normalized spacial score (nSPS) is 21.0. The number of ether oxygens (including phenoxy) is 2. The number of carbonyl (C=O) groups excluding carboxylic acids is 1. The van der Waals surface area contributed by atoms with Crippen molar-refractivity contribution in [3.63, 3.8) is 0 Å². The average molecular weight is 847 g/mol. The van der Waals surface area contributed by atoms with Gasteiger partial charge in [0.25, 0.3) is 0 Å². The minimum absolute atomic E-state index is 0.0257. The highest BCUT2D eigenvalue weighted by atomic mass is 28.3. The Labute approximate surface area is 355 Å². The number of fused-ring (bicyclic) bond motifs is 3. The first-order valence-electron chi connectivity index (χ1n) is 22.3. The molecule has 2 aromatic carbocycles. The number of amides is 1. The van der Waals surface area contributed by atoms with Gasteiger partial charge in [-0.3, -0.25) is 14.9 Å². The number of aromatic hydroxyl groups is 1. The number of anilines is 1. The quantitative estimate of drug-likeness (QED) is 0.137. The van der Waals surface area contributed by atoms with Gasteiger partial charge in [-0.15, -0.1) is 5.54 Å². The molecule has 0 bridgehead atoms. The molecule has 0 saturated carbocycles. The van der Waals surface area contributed by atoms with E-state index in [4.69, 9.17) is 9.47 Å². The van der Waals surface area contributed by atoms with Crippen LogP contribution in [0.15, 0.2) is 30.5 Å². The second-order valence-electron chi connectivity index (χ2n) is 18.5. The van der Waals surface area contributed by atoms with Gasteiger partial charge in [0.1, 0.15) is 49.2 Å². The molecular weight excluding hydrogens is 786 g/mol. The van der Waals surface area contributed by atoms with Crippen molar-refractivity contribution >= 4 is 41.7 Å². The van der Waals surface area contributed by atoms with Crippen LogP contribution >= 0.6 is 0 Å². The Morgan fingerprint density at radius 2 is 1.75 bits per heavy atom. The van der Waals surface area contributed by atoms with Crippen molar-refractivity contribution in [2.75, 3.05) is 37.7 Å². The van der Waals surface area contributed by atoms with Gasteiger partial charge in [-0.25, -0.2) is 23.0 Å². The molecule has 1 N–H and O–H groups in total. The van der Waals surface area contributed by atoms with Crippen molar-refractivity contribution in [2.45, 2.75) is 135 Å². The summed E-state index contributed by atoms with van der Waals surface area (Å²) in [6.07, 6.45) is 2.37. The van der Waals surface area contributed by atoms with Crippen LogP contribution in [0, 0.1) is 23.1 Å². The first-order valence-corrected chi connectivity index (χ1v) is 23.5. The van der Waals surface area contributed by atoms with Crippen molar-refractivity contribution in [1.82, 2.24) is 24.9 Å². The number of pyridine rings is 1. The Kier molecular flexibility index (Phi) is 11.3. The maximum absolute atomic E-state index is 17.7. The molecule has 10 nitrogen and oxygen atoms in total. The second kappa shape index (κ2) is 16.7. The third kappa shape index (κ3) is 8.11. The van der Waals surface area contributed by atoms with Gasteiger partial charge in [0, 0.05) is 43.2 Å². The summed E-state index contributed by atoms with van der Waals surface area (Å²) < 4.78 is 79.3. The topological polar surface area (TPSA) is 104 Å². The molecule has 4 aromatic rings. The van der Waals surface area contributed by atoms with Crippen LogP contribution in [-0.2, 0) is 4.74 Å². The zero-order chi connectivity index (χ0) is 45.1. The largest absolute Gasteiger partial charge is 0.508 e. The molecule has 0 aliphatic carbocycles. The number of alkyl halides is 1. The van der Waals surface area contributed by atoms with E-state index in [0.29, 0.717) is 37.6 Å². The van der Waals surface area contributed by atoms with Crippen LogP contribution in [0.4, 0.5) is 23.8 Å². The third-order valence-corrected chi connectivity index (χ3v) is 18.8. The highest BCUT2D eigenvalue weighted by molar-refractivity contribution is 6.90. The summed E-state index contributed by atoms with van der Waals surface area (Å²) in [6.45, 7) is 16.8. The third-order valence-electron chi connectivity index (χ3n) is 12.5. The molecule has 5 heterocycles. The van der Waals surface area contributed by atoms with E-state index in [9.17, 15) is 17.0 Å². The molecule has 14 heteroatoms. The molecule has 3 saturated heterocycles. The van der Waals surface area contributed by atoms with E-state index in [2.05, 4.69) is 68.0 Å². The summed E-state index contributed by atoms with van der Waals surface area (Å²) in [7, 11) is -2.37. The smallest absolute Gasteiger partial charge is 0.429 e. The van der Waals surface area contributed by atoms with Gasteiger partial charge in [-0.1, -0.05) is 53.5 Å². The molecule has 7 rings (SSSR count). The number of phenols is 1. The molecule has 0 unspecified atom stereocenters. The zero-order valence-corrected chi connectivity index (χ0v) is 37.3. The van der Waals surface area contributed by atoms with Crippen molar-refractivity contribution < 1.29 is 35.3 Å². The van der Waals surface area contributed by atoms with Gasteiger partial charge >= 0.3 is 12.1 Å². The van der Waals surface area contributed by atoms with Gasteiger partial charge in [0.05, 0.1) is 19.2 Å². The monoisotopic (exact) mass is 846 g/mol. The Balaban J connectivity index is 1.47. The minimum atomic E-state index is -2.52. The van der Waals surface area contributed by atoms with Crippen LogP contribution in [0.2, 0.25) is 16.6 Å². The van der Waals surface area contributed by atoms with Crippen LogP contribution in [0.25, 0.3) is 32.9 Å². The molecule has 0 spiro atoms. The maximum atomic E-state index is 17.7. The Hall–Kier alpha value is -4.61. The number of halogens is 3. The van der Waals surface area contributed by atoms with E-state index in [-0.39, 0.29) is 87.4 Å². The number of nitrogens with zero attached hydrogens (tertiary/aromatic N) is 6. The molecule has 3 fully saturated rings. The Bertz CT molecular complexity index is 2420. The van der Waals surface area contributed by atoms with Gasteiger partial charge in [0.2, 0.25) is 0 Å². The van der Waals surface area contributed by atoms with Gasteiger partial charge in [-0.05, 0) is 99.6 Å². The SMILES string of the molecule is [2H]C([2H])(Oc1nc(N2CCCCCN2C(=O)OC(C)(C)C)c2cnc(-c3cc(O)cc4ccc(F)c(C#C[Si](C(C)C)(C(C)C)C(C)C)c34)c(F)c2n1)[C@@]12CCCN1C[C@H](F)C2. The number of carbonyl (C=O) groups is 1. The van der Waals surface area contributed by atoms with E-state index in [0.717, 1.165) is 6.42 Å². The highest BCUT2D eigenvalue weighted by Gasteiger charge is 2.49. The first kappa shape index (κ1) is 40.8. The van der Waals surface area contributed by atoms with E-state index < -0.39 is 55.7 Å². The fourth-order valence-electron chi connectivity index (χ4n) is 9.86. The van der Waals surface area contributed by atoms with Crippen molar-refractivity contribution in [2.24, 2.45) is 0 Å². The van der Waals surface area contributed by atoms with Gasteiger partial charge in [0.15, 0.2) is 11.6 Å². The average Bonchev–Trinajstić information content (AvgIpc) is 3.61. The van der Waals surface area contributed by atoms with Crippen LogP contribution in [0.3, 0.4) is 0 Å². The number of hydrogen-bond donors (Lipinski definition) is 1. The number of hydrogen-bond acceptors (Lipinski definition) is 9. The lowest BCUT2D eigenvalue weighted by molar-refractivity contribution is 0.0232. The van der Waals surface area contributed by atoms with E-state index in [1.807, 2.05) is 0 Å². The molecule has 322 valence electrons. The second-order valence-corrected chi connectivity index (χ2v) is 24.1. The predicted octanol–water partition coefficient (Wildman–Crippen LogP) is 10.5. The Morgan fingerprint density at radius 1 is 1.03 bits per heavy atom. The molecule has 2 atom stereocenters. The fraction of sp³-hybridized carbons (Fsp3) is 0.565. The minimum Gasteiger partial charge on any atom is -0.508 e. The summed E-state index contributed by atoms with van der Waals surface area (Å²) in [5.74, 6) is 1.46. The van der Waals surface area contributed by atoms with Gasteiger partial charge in [-0.2, -0.15) is 9.97 Å². The summed E-state index contributed by atoms with van der Waals surface area (Å²) in [4.78, 5) is 29.4. The van der Waals surface area contributed by atoms with Crippen LogP contribution in [0.5, 0.6) is 11.8 Å². The molecule has 2 aromatic heterocycles. The lowest BCUT2D eigenvalue weighted by Gasteiger charge is -2.38. The van der Waals surface area contributed by atoms with Crippen LogP contribution in [0.1, 0.15) is 109 Å². The molecule has 0 radical (unpaired) electrons. The zero-order valence-electron chi connectivity index (χ0n) is 38.3. The first-order chi connectivity index (χ1) is 29.1. The summed E-state index contributed by atoms with van der Waals surface area (Å²) in [5, 5.41) is 14.8. The lowest BCUT2D eigenvalue weighted by Crippen LogP contribution is -2.49. The van der Waals surface area contributed by atoms with Crippen molar-refractivity contribution in [1.29, 1.82) is 0 Å². The van der Waals surface area contributed by atoms with Crippen LogP contribution in [-0.4, -0.2) is 94.2 Å². The summed E-state index contributed by atoms with van der Waals surface area (Å²) >= 11 is 0. The maximum Gasteiger partial charge on any atom is 0.429 e. The number of aromatic nitrogens is 3. The highest BCUT2D eigenvalue weighted by Crippen LogP contribution is 2.44. The standard InChI is InChI=1S/C46H59F3N6O4Si/c1-28(2)60(29(3)4,30(5)6)21-16-34-37(48)15-14-31-22-33(56)23-35(38(31)34)40-39(49)41-36(25-50-40)42(54-19-11-10-12-20-55(54)44(57)59-45(7,8)9)52-43(51-41)58-27-46-17-13-18-53(46)26-32(47)24-46/h14-15,22-23,25,28-30,32,56H,10-13,17-20,24,26-27H2,1-9H3/t32-,46+/m1/s1/i27D2. The van der Waals surface area contributed by atoms with Crippen molar-refractivity contribution in [3.05, 3.63) is 47.7 Å². The van der Waals surface area contributed by atoms with Crippen LogP contribution < -0.4 is 9.75 Å². The number of hydrazine groups is 1. The summed E-state index contributed by atoms with van der Waals surface area (Å²) in [6, 6.07) is 5.06. The lowest BCUT2D eigenvalue weighted by atomic mass is 9.95.